The standard InChI is InChI=1S/C17H26N2O4S/c1-11(2)16(12(3)4)18-17(20)15-10-19(24(5,21)22)13-8-6-7-9-14(13)23-15/h6-9,11-12,15-16H,10H2,1-5H3,(H,18,20). The third-order valence-corrected chi connectivity index (χ3v) is 5.32. The van der Waals surface area contributed by atoms with Crippen LogP contribution < -0.4 is 14.4 Å². The van der Waals surface area contributed by atoms with E-state index in [1.165, 1.54) is 4.31 Å². The predicted octanol–water partition coefficient (Wildman–Crippen LogP) is 2.01. The summed E-state index contributed by atoms with van der Waals surface area (Å²) in [4.78, 5) is 12.6. The molecule has 1 aliphatic heterocycles. The van der Waals surface area contributed by atoms with Gasteiger partial charge >= 0.3 is 0 Å². The molecular weight excluding hydrogens is 328 g/mol. The molecule has 1 N–H and O–H groups in total. The number of sulfonamides is 1. The summed E-state index contributed by atoms with van der Waals surface area (Å²) < 4.78 is 31.2. The fourth-order valence-electron chi connectivity index (χ4n) is 3.01. The molecule has 1 heterocycles. The van der Waals surface area contributed by atoms with Gasteiger partial charge in [0.2, 0.25) is 10.0 Å². The lowest BCUT2D eigenvalue weighted by Crippen LogP contribution is -2.54. The van der Waals surface area contributed by atoms with E-state index in [0.717, 1.165) is 6.26 Å². The minimum atomic E-state index is -3.49. The van der Waals surface area contributed by atoms with Crippen molar-refractivity contribution in [3.05, 3.63) is 24.3 Å². The molecule has 1 aromatic rings. The lowest BCUT2D eigenvalue weighted by molar-refractivity contribution is -0.129. The van der Waals surface area contributed by atoms with Crippen molar-refractivity contribution in [3.63, 3.8) is 0 Å². The number of carbonyl (C=O) groups is 1. The first kappa shape index (κ1) is 18.6. The van der Waals surface area contributed by atoms with Crippen molar-refractivity contribution in [1.29, 1.82) is 0 Å². The molecule has 6 nitrogen and oxygen atoms in total. The highest BCUT2D eigenvalue weighted by atomic mass is 32.2. The van der Waals surface area contributed by atoms with Crippen LogP contribution in [0.1, 0.15) is 27.7 Å². The first-order chi connectivity index (χ1) is 11.1. The number of anilines is 1. The summed E-state index contributed by atoms with van der Waals surface area (Å²) >= 11 is 0. The second-order valence-electron chi connectivity index (χ2n) is 6.89. The SMILES string of the molecule is CC(C)C(NC(=O)C1CN(S(C)(=O)=O)c2ccccc2O1)C(C)C. The molecule has 0 spiro atoms. The van der Waals surface area contributed by atoms with E-state index in [9.17, 15) is 13.2 Å². The van der Waals surface area contributed by atoms with E-state index >= 15 is 0 Å². The third kappa shape index (κ3) is 4.01. The maximum atomic E-state index is 12.6. The largest absolute Gasteiger partial charge is 0.476 e. The van der Waals surface area contributed by atoms with Crippen molar-refractivity contribution in [3.8, 4) is 5.75 Å². The smallest absolute Gasteiger partial charge is 0.263 e. The van der Waals surface area contributed by atoms with Gasteiger partial charge in [-0.3, -0.25) is 9.10 Å². The minimum absolute atomic E-state index is 0.00459. The van der Waals surface area contributed by atoms with Crippen LogP contribution in [0.2, 0.25) is 0 Å². The van der Waals surface area contributed by atoms with Gasteiger partial charge < -0.3 is 10.1 Å². The molecule has 1 amide bonds. The van der Waals surface area contributed by atoms with Crippen molar-refractivity contribution in [2.24, 2.45) is 11.8 Å². The highest BCUT2D eigenvalue weighted by Gasteiger charge is 2.36. The average Bonchev–Trinajstić information content (AvgIpc) is 2.49. The second-order valence-corrected chi connectivity index (χ2v) is 8.80. The van der Waals surface area contributed by atoms with E-state index in [1.54, 1.807) is 24.3 Å². The van der Waals surface area contributed by atoms with Crippen LogP contribution in [0.15, 0.2) is 24.3 Å². The number of benzene rings is 1. The average molecular weight is 354 g/mol. The predicted molar refractivity (Wildman–Crippen MR) is 94.7 cm³/mol. The van der Waals surface area contributed by atoms with Gasteiger partial charge in [0.25, 0.3) is 5.91 Å². The number of rotatable bonds is 5. The zero-order valence-electron chi connectivity index (χ0n) is 14.8. The number of fused-ring (bicyclic) bond motifs is 1. The van der Waals surface area contributed by atoms with Gasteiger partial charge in [-0.25, -0.2) is 8.42 Å². The molecule has 0 saturated carbocycles. The number of hydrogen-bond donors (Lipinski definition) is 1. The molecule has 0 radical (unpaired) electrons. The minimum Gasteiger partial charge on any atom is -0.476 e. The Bertz CT molecular complexity index is 692. The van der Waals surface area contributed by atoms with E-state index in [0.29, 0.717) is 11.4 Å². The Morgan fingerprint density at radius 1 is 1.21 bits per heavy atom. The maximum Gasteiger partial charge on any atom is 0.263 e. The van der Waals surface area contributed by atoms with Crippen molar-refractivity contribution in [1.82, 2.24) is 5.32 Å². The Morgan fingerprint density at radius 2 is 1.79 bits per heavy atom. The molecule has 1 unspecified atom stereocenters. The topological polar surface area (TPSA) is 75.7 Å². The molecule has 1 atom stereocenters. The highest BCUT2D eigenvalue weighted by Crippen LogP contribution is 2.34. The molecule has 1 aliphatic rings. The second kappa shape index (κ2) is 7.01. The first-order valence-corrected chi connectivity index (χ1v) is 10.00. The fraction of sp³-hybridized carbons (Fsp3) is 0.588. The zero-order chi connectivity index (χ0) is 18.1. The Hall–Kier alpha value is -1.76. The molecule has 0 aromatic heterocycles. The van der Waals surface area contributed by atoms with Crippen LogP contribution >= 0.6 is 0 Å². The van der Waals surface area contributed by atoms with Crippen LogP contribution in [0.5, 0.6) is 5.75 Å². The number of nitrogens with zero attached hydrogens (tertiary/aromatic N) is 1. The fourth-order valence-corrected chi connectivity index (χ4v) is 3.93. The Kier molecular flexibility index (Phi) is 5.42. The third-order valence-electron chi connectivity index (χ3n) is 4.17. The molecule has 0 fully saturated rings. The molecule has 0 bridgehead atoms. The van der Waals surface area contributed by atoms with E-state index in [4.69, 9.17) is 4.74 Å². The van der Waals surface area contributed by atoms with Gasteiger partial charge in [-0.05, 0) is 24.0 Å². The monoisotopic (exact) mass is 354 g/mol. The zero-order valence-corrected chi connectivity index (χ0v) is 15.6. The first-order valence-electron chi connectivity index (χ1n) is 8.15. The lowest BCUT2D eigenvalue weighted by atomic mass is 9.93. The van der Waals surface area contributed by atoms with Gasteiger partial charge in [0.05, 0.1) is 18.5 Å². The normalized spacial score (nSPS) is 17.8. The van der Waals surface area contributed by atoms with Gasteiger partial charge in [-0.2, -0.15) is 0 Å². The van der Waals surface area contributed by atoms with Crippen molar-refractivity contribution in [2.75, 3.05) is 17.1 Å². The maximum absolute atomic E-state index is 12.6. The Labute approximate surface area is 144 Å². The quantitative estimate of drug-likeness (QED) is 0.878. The summed E-state index contributed by atoms with van der Waals surface area (Å²) in [6.45, 7) is 8.16. The molecule has 0 saturated heterocycles. The summed E-state index contributed by atoms with van der Waals surface area (Å²) in [6, 6.07) is 6.86. The lowest BCUT2D eigenvalue weighted by Gasteiger charge is -2.35. The highest BCUT2D eigenvalue weighted by molar-refractivity contribution is 7.92. The molecule has 134 valence electrons. The van der Waals surface area contributed by atoms with E-state index in [-0.39, 0.29) is 30.3 Å². The molecule has 2 rings (SSSR count). The number of ether oxygens (including phenoxy) is 1. The van der Waals surface area contributed by atoms with Crippen molar-refractivity contribution < 1.29 is 17.9 Å². The molecule has 0 aliphatic carbocycles. The van der Waals surface area contributed by atoms with Crippen LogP contribution in [0.4, 0.5) is 5.69 Å². The molecule has 7 heteroatoms. The van der Waals surface area contributed by atoms with Gasteiger partial charge in [-0.1, -0.05) is 39.8 Å². The summed E-state index contributed by atoms with van der Waals surface area (Å²) in [5.74, 6) is 0.664. The van der Waals surface area contributed by atoms with Gasteiger partial charge in [-0.15, -0.1) is 0 Å². The van der Waals surface area contributed by atoms with E-state index in [2.05, 4.69) is 5.32 Å². The Morgan fingerprint density at radius 3 is 2.33 bits per heavy atom. The van der Waals surface area contributed by atoms with Crippen LogP contribution in [0, 0.1) is 11.8 Å². The van der Waals surface area contributed by atoms with Crippen LogP contribution in [-0.2, 0) is 14.8 Å². The van der Waals surface area contributed by atoms with Crippen LogP contribution in [-0.4, -0.2) is 39.3 Å². The van der Waals surface area contributed by atoms with Crippen LogP contribution in [0.25, 0.3) is 0 Å². The van der Waals surface area contributed by atoms with Crippen molar-refractivity contribution in [2.45, 2.75) is 39.8 Å². The van der Waals surface area contributed by atoms with Gasteiger partial charge in [0.15, 0.2) is 6.10 Å². The number of carbonyl (C=O) groups excluding carboxylic acids is 1. The summed E-state index contributed by atoms with van der Waals surface area (Å²) in [6.07, 6.45) is 0.268. The van der Waals surface area contributed by atoms with Crippen molar-refractivity contribution >= 4 is 21.6 Å². The summed E-state index contributed by atoms with van der Waals surface area (Å²) in [5, 5.41) is 3.00. The van der Waals surface area contributed by atoms with E-state index in [1.807, 2.05) is 27.7 Å². The van der Waals surface area contributed by atoms with Gasteiger partial charge in [0.1, 0.15) is 5.75 Å². The molecular formula is C17H26N2O4S. The summed E-state index contributed by atoms with van der Waals surface area (Å²) in [5.41, 5.74) is 0.466. The number of amides is 1. The van der Waals surface area contributed by atoms with Gasteiger partial charge in [0, 0.05) is 6.04 Å². The Balaban J connectivity index is 2.25. The molecule has 24 heavy (non-hydrogen) atoms. The molecule has 1 aromatic carbocycles. The number of hydrogen-bond acceptors (Lipinski definition) is 4. The van der Waals surface area contributed by atoms with Crippen LogP contribution in [0.3, 0.4) is 0 Å². The number of para-hydroxylation sites is 2. The van der Waals surface area contributed by atoms with E-state index < -0.39 is 16.1 Å². The number of nitrogens with one attached hydrogen (secondary N) is 1. The summed E-state index contributed by atoms with van der Waals surface area (Å²) in [7, 11) is -3.49.